The van der Waals surface area contributed by atoms with Gasteiger partial charge in [-0.15, -0.1) is 0 Å². The number of carbonyl (C=O) groups excluding carboxylic acids is 2. The molecular formula is C7H10N8O2. The lowest BCUT2D eigenvalue weighted by Gasteiger charge is -2.13. The second kappa shape index (κ2) is 4.39. The summed E-state index contributed by atoms with van der Waals surface area (Å²) in [4.78, 5) is 24.1. The van der Waals surface area contributed by atoms with E-state index in [0.29, 0.717) is 10.0 Å². The quantitative estimate of drug-likeness (QED) is 0.235. The molecule has 1 heterocycles. The Kier molecular flexibility index (Phi) is 3.18. The van der Waals surface area contributed by atoms with Gasteiger partial charge >= 0.3 is 12.1 Å². The van der Waals surface area contributed by atoms with Gasteiger partial charge in [0.2, 0.25) is 0 Å². The van der Waals surface area contributed by atoms with Crippen LogP contribution in [0.4, 0.5) is 21.2 Å². The molecule has 0 radical (unpaired) electrons. The maximum absolute atomic E-state index is 10.8. The lowest BCUT2D eigenvalue weighted by molar-refractivity contribution is 0.253. The van der Waals surface area contributed by atoms with Crippen LogP contribution in [-0.2, 0) is 0 Å². The maximum Gasteiger partial charge on any atom is 0.335 e. The Morgan fingerprint density at radius 2 is 1.76 bits per heavy atom. The number of hydrogen-bond acceptors (Lipinski definition) is 5. The number of nitrogens with two attached hydrogens (primary N) is 4. The number of urea groups is 2. The Labute approximate surface area is 95.3 Å². The molecule has 4 amide bonds. The largest absolute Gasteiger partial charge is 0.350 e. The van der Waals surface area contributed by atoms with Crippen molar-refractivity contribution in [2.75, 3.05) is 10.0 Å². The first-order chi connectivity index (χ1) is 7.88. The van der Waals surface area contributed by atoms with Crippen LogP contribution in [-0.4, -0.2) is 17.0 Å². The summed E-state index contributed by atoms with van der Waals surface area (Å²) in [5, 5.41) is 9.87. The average molecular weight is 238 g/mol. The molecule has 0 bridgehead atoms. The van der Waals surface area contributed by atoms with Gasteiger partial charge in [-0.3, -0.25) is 0 Å². The zero-order valence-electron chi connectivity index (χ0n) is 8.54. The Morgan fingerprint density at radius 1 is 1.24 bits per heavy atom. The van der Waals surface area contributed by atoms with Crippen molar-refractivity contribution < 1.29 is 9.59 Å². The number of nitrogens with zero attached hydrogens (tertiary/aromatic N) is 3. The summed E-state index contributed by atoms with van der Waals surface area (Å²) in [7, 11) is 0. The van der Waals surface area contributed by atoms with Crippen LogP contribution >= 0.6 is 0 Å². The zero-order chi connectivity index (χ0) is 13.2. The third-order valence-electron chi connectivity index (χ3n) is 1.88. The SMILES string of the molecule is N#Cc1cc(N(N)C(N)=O)[nH]c1N(N)C(N)=O. The number of carbonyl (C=O) groups is 2. The molecule has 17 heavy (non-hydrogen) atoms. The van der Waals surface area contributed by atoms with E-state index < -0.39 is 12.1 Å². The third-order valence-corrected chi connectivity index (χ3v) is 1.88. The van der Waals surface area contributed by atoms with Gasteiger partial charge in [0, 0.05) is 6.07 Å². The molecule has 90 valence electrons. The van der Waals surface area contributed by atoms with Crippen molar-refractivity contribution in [2.45, 2.75) is 0 Å². The third kappa shape index (κ3) is 2.25. The first-order valence-electron chi connectivity index (χ1n) is 4.20. The van der Waals surface area contributed by atoms with Gasteiger partial charge < -0.3 is 16.5 Å². The highest BCUT2D eigenvalue weighted by molar-refractivity contribution is 5.93. The summed E-state index contributed by atoms with van der Waals surface area (Å²) in [6, 6.07) is 1.01. The Hall–Kier alpha value is -2.77. The van der Waals surface area contributed by atoms with Crippen molar-refractivity contribution in [3.8, 4) is 6.07 Å². The first kappa shape index (κ1) is 12.3. The number of anilines is 2. The summed E-state index contributed by atoms with van der Waals surface area (Å²) in [6.45, 7) is 0. The van der Waals surface area contributed by atoms with E-state index in [-0.39, 0.29) is 17.2 Å². The predicted octanol–water partition coefficient (Wildman–Crippen LogP) is -1.60. The first-order valence-corrected chi connectivity index (χ1v) is 4.20. The number of rotatable bonds is 2. The van der Waals surface area contributed by atoms with Gasteiger partial charge in [0.15, 0.2) is 0 Å². The second-order valence-corrected chi connectivity index (χ2v) is 2.95. The highest BCUT2D eigenvalue weighted by atomic mass is 16.2. The van der Waals surface area contributed by atoms with E-state index in [0.717, 1.165) is 0 Å². The van der Waals surface area contributed by atoms with Crippen LogP contribution in [0.5, 0.6) is 0 Å². The van der Waals surface area contributed by atoms with Crippen LogP contribution in [0.2, 0.25) is 0 Å². The lowest BCUT2D eigenvalue weighted by atomic mass is 10.3. The van der Waals surface area contributed by atoms with E-state index in [1.54, 1.807) is 6.07 Å². The average Bonchev–Trinajstić information content (AvgIpc) is 2.70. The smallest absolute Gasteiger partial charge is 0.335 e. The maximum atomic E-state index is 10.8. The van der Waals surface area contributed by atoms with Gasteiger partial charge in [-0.2, -0.15) is 5.26 Å². The summed E-state index contributed by atoms with van der Waals surface area (Å²) >= 11 is 0. The molecule has 0 aromatic carbocycles. The van der Waals surface area contributed by atoms with E-state index >= 15 is 0 Å². The Bertz CT molecular complexity index is 500. The molecular weight excluding hydrogens is 228 g/mol. The molecule has 0 fully saturated rings. The topological polar surface area (TPSA) is 184 Å². The number of hydrogen-bond donors (Lipinski definition) is 5. The van der Waals surface area contributed by atoms with Crippen molar-refractivity contribution in [1.29, 1.82) is 5.26 Å². The second-order valence-electron chi connectivity index (χ2n) is 2.95. The van der Waals surface area contributed by atoms with E-state index in [1.807, 2.05) is 0 Å². The number of nitrogens with one attached hydrogen (secondary N) is 1. The molecule has 0 saturated heterocycles. The minimum absolute atomic E-state index is 0.000694. The van der Waals surface area contributed by atoms with Gasteiger partial charge in [-0.1, -0.05) is 0 Å². The molecule has 0 aliphatic carbocycles. The number of aromatic amines is 1. The van der Waals surface area contributed by atoms with Crippen molar-refractivity contribution in [3.63, 3.8) is 0 Å². The Balaban J connectivity index is 3.21. The fourth-order valence-electron chi connectivity index (χ4n) is 1.06. The molecule has 1 rings (SSSR count). The monoisotopic (exact) mass is 238 g/mol. The van der Waals surface area contributed by atoms with Crippen molar-refractivity contribution >= 4 is 23.7 Å². The van der Waals surface area contributed by atoms with Gasteiger partial charge in [0.25, 0.3) is 0 Å². The van der Waals surface area contributed by atoms with Gasteiger partial charge in [-0.05, 0) is 0 Å². The normalized spacial score (nSPS) is 9.47. The molecule has 0 aliphatic heterocycles. The highest BCUT2D eigenvalue weighted by Crippen LogP contribution is 2.22. The molecule has 0 atom stereocenters. The summed E-state index contributed by atoms with van der Waals surface area (Å²) in [5.41, 5.74) is 9.84. The fourth-order valence-corrected chi connectivity index (χ4v) is 1.06. The minimum atomic E-state index is -0.988. The minimum Gasteiger partial charge on any atom is -0.350 e. The Morgan fingerprint density at radius 3 is 2.18 bits per heavy atom. The van der Waals surface area contributed by atoms with Crippen molar-refractivity contribution in [3.05, 3.63) is 11.6 Å². The van der Waals surface area contributed by atoms with Gasteiger partial charge in [0.05, 0.1) is 5.56 Å². The zero-order valence-corrected chi connectivity index (χ0v) is 8.54. The predicted molar refractivity (Wildman–Crippen MR) is 58.0 cm³/mol. The summed E-state index contributed by atoms with van der Waals surface area (Å²) in [5.74, 6) is 10.5. The van der Waals surface area contributed by atoms with Crippen molar-refractivity contribution in [2.24, 2.45) is 23.2 Å². The van der Waals surface area contributed by atoms with Gasteiger partial charge in [0.1, 0.15) is 17.7 Å². The molecule has 0 saturated carbocycles. The van der Waals surface area contributed by atoms with Crippen LogP contribution in [0.25, 0.3) is 0 Å². The number of amides is 4. The van der Waals surface area contributed by atoms with Crippen LogP contribution in [0.1, 0.15) is 5.56 Å². The number of nitriles is 1. The summed E-state index contributed by atoms with van der Waals surface area (Å²) in [6.07, 6.45) is 0. The van der Waals surface area contributed by atoms with Gasteiger partial charge in [-0.25, -0.2) is 31.3 Å². The number of aromatic nitrogens is 1. The molecule has 1 aromatic rings. The number of primary amides is 2. The molecule has 10 nitrogen and oxygen atoms in total. The van der Waals surface area contributed by atoms with E-state index in [4.69, 9.17) is 28.4 Å². The molecule has 9 N–H and O–H groups in total. The summed E-state index contributed by atoms with van der Waals surface area (Å²) < 4.78 is 0. The van der Waals surface area contributed by atoms with Crippen LogP contribution in [0.3, 0.4) is 0 Å². The molecule has 0 aliphatic rings. The molecule has 0 unspecified atom stereocenters. The van der Waals surface area contributed by atoms with Crippen LogP contribution in [0.15, 0.2) is 6.07 Å². The van der Waals surface area contributed by atoms with E-state index in [1.165, 1.54) is 6.07 Å². The van der Waals surface area contributed by atoms with Crippen LogP contribution in [0, 0.1) is 11.3 Å². The fraction of sp³-hybridized carbons (Fsp3) is 0. The molecule has 1 aromatic heterocycles. The van der Waals surface area contributed by atoms with Crippen molar-refractivity contribution in [1.82, 2.24) is 4.98 Å². The molecule has 10 heteroatoms. The number of H-pyrrole nitrogens is 1. The lowest BCUT2D eigenvalue weighted by Crippen LogP contribution is -2.43. The van der Waals surface area contributed by atoms with Crippen LogP contribution < -0.4 is 33.2 Å². The molecule has 0 spiro atoms. The van der Waals surface area contributed by atoms with E-state index in [2.05, 4.69) is 4.98 Å². The van der Waals surface area contributed by atoms with E-state index in [9.17, 15) is 9.59 Å². The highest BCUT2D eigenvalue weighted by Gasteiger charge is 2.19. The number of hydrazine groups is 2. The standard InChI is InChI=1S/C7H10N8O2/c8-2-3-1-4(14(11)6(9)16)13-5(3)15(12)7(10)17/h1,13H,11-12H2,(H2,9,16)(H2,10,17).